The van der Waals surface area contributed by atoms with Crippen LogP contribution in [-0.2, 0) is 23.4 Å². The molecule has 1 aromatic heterocycles. The molecule has 0 saturated carbocycles. The highest BCUT2D eigenvalue weighted by molar-refractivity contribution is 6.73. The van der Waals surface area contributed by atoms with Crippen LogP contribution in [-0.4, -0.2) is 57.4 Å². The van der Waals surface area contributed by atoms with Gasteiger partial charge in [-0.15, -0.1) is 0 Å². The molecule has 1 aromatic rings. The maximum Gasteiger partial charge on any atom is 0.419 e. The third-order valence-electron chi connectivity index (χ3n) is 5.67. The summed E-state index contributed by atoms with van der Waals surface area (Å²) in [6.07, 6.45) is -0.363. The third kappa shape index (κ3) is 5.51. The van der Waals surface area contributed by atoms with Gasteiger partial charge in [-0.05, 0) is 44.1 Å². The van der Waals surface area contributed by atoms with E-state index in [4.69, 9.17) is 23.1 Å². The Morgan fingerprint density at radius 2 is 1.87 bits per heavy atom. The summed E-state index contributed by atoms with van der Waals surface area (Å²) in [5, 5.41) is 0. The SMILES string of the molecule is CCOCCC(OCC)OC(=O)N1C(=O)C(O[Si](CC)(CC)CC)C1c1ccco1. The second-order valence-electron chi connectivity index (χ2n) is 7.20. The highest BCUT2D eigenvalue weighted by Crippen LogP contribution is 2.41. The van der Waals surface area contributed by atoms with E-state index >= 15 is 0 Å². The summed E-state index contributed by atoms with van der Waals surface area (Å²) >= 11 is 0. The summed E-state index contributed by atoms with van der Waals surface area (Å²) in [7, 11) is -2.06. The molecule has 1 aliphatic rings. The molecule has 2 amide bonds. The summed E-state index contributed by atoms with van der Waals surface area (Å²) in [5.41, 5.74) is 0. The largest absolute Gasteiger partial charge is 0.467 e. The monoisotopic (exact) mass is 441 g/mol. The molecular weight excluding hydrogens is 406 g/mol. The number of ether oxygens (including phenoxy) is 3. The standard InChI is InChI=1S/C21H35NO7Si/c1-6-25-15-13-17(26-7-2)28-21(24)22-18(16-12-11-14-27-16)19(20(22)23)29-30(8-3,9-4)10-5/h11-12,14,17-19H,6-10,13,15H2,1-5H3. The molecule has 1 saturated heterocycles. The summed E-state index contributed by atoms with van der Waals surface area (Å²) < 4.78 is 28.2. The van der Waals surface area contributed by atoms with Crippen molar-refractivity contribution in [2.45, 2.75) is 77.6 Å². The van der Waals surface area contributed by atoms with E-state index in [1.165, 1.54) is 6.26 Å². The Morgan fingerprint density at radius 3 is 2.40 bits per heavy atom. The Labute approximate surface area is 179 Å². The summed E-state index contributed by atoms with van der Waals surface area (Å²) in [5.74, 6) is 0.110. The number of amides is 2. The molecule has 2 heterocycles. The lowest BCUT2D eigenvalue weighted by Crippen LogP contribution is -2.64. The fraction of sp³-hybridized carbons (Fsp3) is 0.714. The topological polar surface area (TPSA) is 87.4 Å². The molecule has 0 spiro atoms. The quantitative estimate of drug-likeness (QED) is 0.193. The number of likely N-dealkylation sites (tertiary alicyclic amines) is 1. The van der Waals surface area contributed by atoms with E-state index in [-0.39, 0.29) is 0 Å². The second-order valence-corrected chi connectivity index (χ2v) is 11.9. The smallest absolute Gasteiger partial charge is 0.419 e. The number of hydrogen-bond acceptors (Lipinski definition) is 7. The highest BCUT2D eigenvalue weighted by Gasteiger charge is 2.57. The molecule has 3 unspecified atom stereocenters. The molecule has 3 atom stereocenters. The van der Waals surface area contributed by atoms with Crippen molar-refractivity contribution >= 4 is 20.3 Å². The lowest BCUT2D eigenvalue weighted by Gasteiger charge is -2.47. The van der Waals surface area contributed by atoms with E-state index in [0.29, 0.717) is 32.0 Å². The number of carbonyl (C=O) groups excluding carboxylic acids is 2. The lowest BCUT2D eigenvalue weighted by atomic mass is 9.96. The van der Waals surface area contributed by atoms with Crippen molar-refractivity contribution in [3.63, 3.8) is 0 Å². The number of furan rings is 1. The van der Waals surface area contributed by atoms with Gasteiger partial charge < -0.3 is 23.1 Å². The van der Waals surface area contributed by atoms with Crippen LogP contribution in [0.5, 0.6) is 0 Å². The van der Waals surface area contributed by atoms with Crippen LogP contribution in [0.4, 0.5) is 4.79 Å². The molecule has 0 radical (unpaired) electrons. The molecule has 0 N–H and O–H groups in total. The van der Waals surface area contributed by atoms with Crippen molar-refractivity contribution in [3.05, 3.63) is 24.2 Å². The van der Waals surface area contributed by atoms with Crippen LogP contribution < -0.4 is 0 Å². The molecule has 0 aromatic carbocycles. The summed E-state index contributed by atoms with van der Waals surface area (Å²) in [4.78, 5) is 26.9. The third-order valence-corrected chi connectivity index (χ3v) is 10.3. The van der Waals surface area contributed by atoms with Crippen LogP contribution in [0.15, 0.2) is 22.8 Å². The summed E-state index contributed by atoms with van der Waals surface area (Å²) in [6, 6.07) is 5.56. The molecule has 1 fully saturated rings. The Bertz CT molecular complexity index is 654. The molecular formula is C21H35NO7Si. The summed E-state index contributed by atoms with van der Waals surface area (Å²) in [6.45, 7) is 11.3. The van der Waals surface area contributed by atoms with Gasteiger partial charge in [0.05, 0.1) is 12.9 Å². The molecule has 2 rings (SSSR count). The predicted octanol–water partition coefficient (Wildman–Crippen LogP) is 4.48. The molecule has 30 heavy (non-hydrogen) atoms. The van der Waals surface area contributed by atoms with Gasteiger partial charge in [0.2, 0.25) is 6.29 Å². The van der Waals surface area contributed by atoms with E-state index in [0.717, 1.165) is 23.0 Å². The van der Waals surface area contributed by atoms with Crippen LogP contribution >= 0.6 is 0 Å². The zero-order valence-electron chi connectivity index (χ0n) is 18.7. The average molecular weight is 442 g/mol. The predicted molar refractivity (Wildman–Crippen MR) is 113 cm³/mol. The minimum absolute atomic E-state index is 0.378. The average Bonchev–Trinajstić information content (AvgIpc) is 3.27. The second kappa shape index (κ2) is 11.6. The maximum atomic E-state index is 12.9. The molecule has 0 bridgehead atoms. The Hall–Kier alpha value is -1.68. The minimum Gasteiger partial charge on any atom is -0.467 e. The van der Waals surface area contributed by atoms with E-state index in [2.05, 4.69) is 20.8 Å². The Kier molecular flexibility index (Phi) is 9.54. The minimum atomic E-state index is -2.06. The van der Waals surface area contributed by atoms with Gasteiger partial charge in [0, 0.05) is 19.6 Å². The Balaban J connectivity index is 2.16. The first kappa shape index (κ1) is 24.6. The van der Waals surface area contributed by atoms with Crippen molar-refractivity contribution in [3.8, 4) is 0 Å². The van der Waals surface area contributed by atoms with E-state index < -0.39 is 38.8 Å². The number of hydrogen-bond donors (Lipinski definition) is 0. The van der Waals surface area contributed by atoms with Crippen molar-refractivity contribution in [2.75, 3.05) is 19.8 Å². The number of rotatable bonds is 13. The van der Waals surface area contributed by atoms with Crippen LogP contribution in [0.25, 0.3) is 0 Å². The van der Waals surface area contributed by atoms with E-state index in [1.54, 1.807) is 12.1 Å². The van der Waals surface area contributed by atoms with Crippen LogP contribution in [0.1, 0.15) is 52.8 Å². The van der Waals surface area contributed by atoms with Crippen LogP contribution in [0, 0.1) is 0 Å². The highest BCUT2D eigenvalue weighted by atomic mass is 28.4. The first-order valence-electron chi connectivity index (χ1n) is 10.9. The van der Waals surface area contributed by atoms with Gasteiger partial charge in [0.15, 0.2) is 14.4 Å². The van der Waals surface area contributed by atoms with E-state index in [9.17, 15) is 9.59 Å². The molecule has 9 heteroatoms. The molecule has 8 nitrogen and oxygen atoms in total. The lowest BCUT2D eigenvalue weighted by molar-refractivity contribution is -0.170. The molecule has 170 valence electrons. The van der Waals surface area contributed by atoms with Crippen molar-refractivity contribution in [1.82, 2.24) is 4.90 Å². The van der Waals surface area contributed by atoms with Gasteiger partial charge in [-0.2, -0.15) is 0 Å². The van der Waals surface area contributed by atoms with Crippen molar-refractivity contribution in [2.24, 2.45) is 0 Å². The fourth-order valence-corrected chi connectivity index (χ4v) is 6.41. The maximum absolute atomic E-state index is 12.9. The van der Waals surface area contributed by atoms with Crippen molar-refractivity contribution < 1.29 is 32.6 Å². The van der Waals surface area contributed by atoms with Gasteiger partial charge in [0.25, 0.3) is 5.91 Å². The number of nitrogens with zero attached hydrogens (tertiary/aromatic N) is 1. The van der Waals surface area contributed by atoms with Gasteiger partial charge in [-0.1, -0.05) is 20.8 Å². The normalized spacial score (nSPS) is 20.2. The zero-order chi connectivity index (χ0) is 22.1. The zero-order valence-corrected chi connectivity index (χ0v) is 19.7. The molecule has 1 aliphatic heterocycles. The molecule has 0 aliphatic carbocycles. The first-order valence-corrected chi connectivity index (χ1v) is 13.4. The van der Waals surface area contributed by atoms with Gasteiger partial charge in [-0.25, -0.2) is 9.69 Å². The van der Waals surface area contributed by atoms with Gasteiger partial charge >= 0.3 is 6.09 Å². The number of β-lactam (4-membered cyclic amide) rings is 1. The van der Waals surface area contributed by atoms with Gasteiger partial charge in [-0.3, -0.25) is 4.79 Å². The van der Waals surface area contributed by atoms with Crippen molar-refractivity contribution in [1.29, 1.82) is 0 Å². The number of carbonyl (C=O) groups is 2. The fourth-order valence-electron chi connectivity index (χ4n) is 3.64. The first-order chi connectivity index (χ1) is 14.5. The number of imide groups is 1. The van der Waals surface area contributed by atoms with Crippen LogP contribution in [0.3, 0.4) is 0 Å². The van der Waals surface area contributed by atoms with E-state index in [1.807, 2.05) is 13.8 Å². The van der Waals surface area contributed by atoms with Crippen LogP contribution in [0.2, 0.25) is 18.1 Å². The Morgan fingerprint density at radius 1 is 1.17 bits per heavy atom. The van der Waals surface area contributed by atoms with Gasteiger partial charge in [0.1, 0.15) is 11.8 Å².